The summed E-state index contributed by atoms with van der Waals surface area (Å²) in [5.74, 6) is -0.642. The summed E-state index contributed by atoms with van der Waals surface area (Å²) in [6, 6.07) is 2.42. The standard InChI is InChI=1S/C29H41FN4O4/c1-6-20(7-2)15-24-28(36)31-14-8-9-21-12-13-23(30)16-25(21)38-18(3)17-32-26(22-10-11-22)29(37)34(5)19(4)27(35)33-24/h6-7,12-13,16,18-19,22,24,26,32H,1,8-11,14-15,17H2,2-5H3,(H,31,36)(H,33,35)/t18-,19-,24-,26+/m1/s1. The van der Waals surface area contributed by atoms with Crippen molar-refractivity contribution in [3.05, 3.63) is 53.9 Å². The number of aryl methyl sites for hydroxylation is 1. The molecular formula is C29H41FN4O4. The number of hydrogen-bond donors (Lipinski definition) is 3. The van der Waals surface area contributed by atoms with E-state index in [1.54, 1.807) is 26.1 Å². The second-order valence-electron chi connectivity index (χ2n) is 10.3. The lowest BCUT2D eigenvalue weighted by Gasteiger charge is -2.31. The van der Waals surface area contributed by atoms with Gasteiger partial charge in [-0.25, -0.2) is 4.39 Å². The van der Waals surface area contributed by atoms with Crippen LogP contribution >= 0.6 is 0 Å². The first-order valence-electron chi connectivity index (χ1n) is 13.4. The molecule has 1 aromatic rings. The Balaban J connectivity index is 1.87. The van der Waals surface area contributed by atoms with E-state index in [1.165, 1.54) is 17.0 Å². The molecule has 0 unspecified atom stereocenters. The quantitative estimate of drug-likeness (QED) is 0.522. The highest BCUT2D eigenvalue weighted by Crippen LogP contribution is 2.33. The van der Waals surface area contributed by atoms with Gasteiger partial charge in [-0.3, -0.25) is 14.4 Å². The van der Waals surface area contributed by atoms with Crippen molar-refractivity contribution in [2.24, 2.45) is 5.92 Å². The number of fused-ring (bicyclic) bond motifs is 1. The summed E-state index contributed by atoms with van der Waals surface area (Å²) in [5, 5.41) is 9.08. The van der Waals surface area contributed by atoms with Gasteiger partial charge in [-0.05, 0) is 64.0 Å². The van der Waals surface area contributed by atoms with Gasteiger partial charge in [0.15, 0.2) is 0 Å². The molecule has 1 aliphatic carbocycles. The molecule has 3 rings (SSSR count). The Hall–Kier alpha value is -3.20. The molecule has 0 spiro atoms. The number of carbonyl (C=O) groups excluding carboxylic acids is 3. The summed E-state index contributed by atoms with van der Waals surface area (Å²) < 4.78 is 20.1. The molecule has 0 radical (unpaired) electrons. The number of ether oxygens (including phenoxy) is 1. The fourth-order valence-corrected chi connectivity index (χ4v) is 4.54. The van der Waals surface area contributed by atoms with Crippen molar-refractivity contribution in [3.8, 4) is 5.75 Å². The van der Waals surface area contributed by atoms with Crippen LogP contribution in [0.1, 0.15) is 52.0 Å². The number of halogens is 1. The van der Waals surface area contributed by atoms with E-state index in [1.807, 2.05) is 19.9 Å². The lowest BCUT2D eigenvalue weighted by atomic mass is 10.0. The van der Waals surface area contributed by atoms with E-state index in [4.69, 9.17) is 4.74 Å². The lowest BCUT2D eigenvalue weighted by Crippen LogP contribution is -2.56. The number of likely N-dealkylation sites (N-methyl/N-ethyl adjacent to an activating group) is 1. The van der Waals surface area contributed by atoms with Gasteiger partial charge in [0.1, 0.15) is 29.8 Å². The maximum atomic E-state index is 14.0. The minimum Gasteiger partial charge on any atom is -0.489 e. The van der Waals surface area contributed by atoms with Crippen LogP contribution in [0.25, 0.3) is 0 Å². The normalized spacial score (nSPS) is 26.8. The Bertz CT molecular complexity index is 1060. The highest BCUT2D eigenvalue weighted by atomic mass is 19.1. The predicted octanol–water partition coefficient (Wildman–Crippen LogP) is 2.88. The van der Waals surface area contributed by atoms with Gasteiger partial charge >= 0.3 is 0 Å². The van der Waals surface area contributed by atoms with Crippen molar-refractivity contribution >= 4 is 17.7 Å². The molecule has 1 aromatic carbocycles. The molecule has 0 saturated heterocycles. The van der Waals surface area contributed by atoms with Crippen LogP contribution in [0.5, 0.6) is 5.75 Å². The van der Waals surface area contributed by atoms with Gasteiger partial charge in [0.25, 0.3) is 0 Å². The summed E-state index contributed by atoms with van der Waals surface area (Å²) in [6.07, 6.45) is 6.50. The molecule has 0 aromatic heterocycles. The first kappa shape index (κ1) is 29.4. The molecule has 1 saturated carbocycles. The minimum absolute atomic E-state index is 0.184. The topological polar surface area (TPSA) is 99.8 Å². The summed E-state index contributed by atoms with van der Waals surface area (Å²) in [4.78, 5) is 41.2. The summed E-state index contributed by atoms with van der Waals surface area (Å²) in [7, 11) is 1.61. The predicted molar refractivity (Wildman–Crippen MR) is 145 cm³/mol. The minimum atomic E-state index is -0.820. The molecule has 1 fully saturated rings. The fourth-order valence-electron chi connectivity index (χ4n) is 4.54. The molecule has 38 heavy (non-hydrogen) atoms. The number of carbonyl (C=O) groups is 3. The third kappa shape index (κ3) is 7.90. The average Bonchev–Trinajstić information content (AvgIpc) is 3.73. The Labute approximate surface area is 225 Å². The molecule has 0 bridgehead atoms. The van der Waals surface area contributed by atoms with Crippen LogP contribution in [0.3, 0.4) is 0 Å². The zero-order valence-electron chi connectivity index (χ0n) is 22.9. The molecule has 3 amide bonds. The maximum Gasteiger partial charge on any atom is 0.243 e. The van der Waals surface area contributed by atoms with Gasteiger partial charge in [0, 0.05) is 32.6 Å². The molecule has 8 nitrogen and oxygen atoms in total. The SMILES string of the molecule is C=CC(=CC)C[C@H]1NC(=O)[C@@H](C)N(C)C(=O)[C@H](C2CC2)NC[C@@H](C)Oc2cc(F)ccc2CCCNC1=O. The Morgan fingerprint density at radius 2 is 1.95 bits per heavy atom. The van der Waals surface area contributed by atoms with Gasteiger partial charge in [0.2, 0.25) is 17.7 Å². The largest absolute Gasteiger partial charge is 0.489 e. The molecule has 2 aliphatic rings. The summed E-state index contributed by atoms with van der Waals surface area (Å²) >= 11 is 0. The van der Waals surface area contributed by atoms with Crippen molar-refractivity contribution in [2.45, 2.75) is 77.1 Å². The highest BCUT2D eigenvalue weighted by Gasteiger charge is 2.39. The Morgan fingerprint density at radius 3 is 2.61 bits per heavy atom. The van der Waals surface area contributed by atoms with E-state index < -0.39 is 24.0 Å². The van der Waals surface area contributed by atoms with Crippen molar-refractivity contribution < 1.29 is 23.5 Å². The van der Waals surface area contributed by atoms with Crippen molar-refractivity contribution in [1.29, 1.82) is 0 Å². The van der Waals surface area contributed by atoms with Crippen LogP contribution in [0.2, 0.25) is 0 Å². The smallest absolute Gasteiger partial charge is 0.243 e. The fraction of sp³-hybridized carbons (Fsp3) is 0.552. The number of nitrogens with zero attached hydrogens (tertiary/aromatic N) is 1. The number of benzene rings is 1. The average molecular weight is 529 g/mol. The van der Waals surface area contributed by atoms with Gasteiger partial charge < -0.3 is 25.6 Å². The van der Waals surface area contributed by atoms with Crippen molar-refractivity contribution in [3.63, 3.8) is 0 Å². The van der Waals surface area contributed by atoms with Crippen LogP contribution in [0.4, 0.5) is 4.39 Å². The van der Waals surface area contributed by atoms with Crippen LogP contribution in [0.15, 0.2) is 42.5 Å². The summed E-state index contributed by atoms with van der Waals surface area (Å²) in [6.45, 7) is 9.93. The number of hydrogen-bond acceptors (Lipinski definition) is 5. The number of allylic oxidation sites excluding steroid dienone is 2. The van der Waals surface area contributed by atoms with E-state index in [2.05, 4.69) is 22.5 Å². The number of amides is 3. The molecule has 208 valence electrons. The van der Waals surface area contributed by atoms with Gasteiger partial charge in [-0.15, -0.1) is 0 Å². The molecule has 1 aliphatic heterocycles. The van der Waals surface area contributed by atoms with Gasteiger partial charge in [0.05, 0.1) is 6.04 Å². The molecular weight excluding hydrogens is 487 g/mol. The molecule has 4 atom stereocenters. The molecule has 3 N–H and O–H groups in total. The second kappa shape index (κ2) is 13.6. The van der Waals surface area contributed by atoms with Gasteiger partial charge in [-0.2, -0.15) is 0 Å². The van der Waals surface area contributed by atoms with Crippen molar-refractivity contribution in [2.75, 3.05) is 20.1 Å². The molecule has 1 heterocycles. The monoisotopic (exact) mass is 528 g/mol. The third-order valence-electron chi connectivity index (χ3n) is 7.28. The van der Waals surface area contributed by atoms with E-state index in [9.17, 15) is 18.8 Å². The second-order valence-corrected chi connectivity index (χ2v) is 10.3. The van der Waals surface area contributed by atoms with E-state index in [0.29, 0.717) is 31.7 Å². The van der Waals surface area contributed by atoms with Crippen LogP contribution in [0, 0.1) is 11.7 Å². The van der Waals surface area contributed by atoms with Crippen molar-refractivity contribution in [1.82, 2.24) is 20.9 Å². The van der Waals surface area contributed by atoms with Crippen LogP contribution < -0.4 is 20.7 Å². The zero-order chi connectivity index (χ0) is 27.8. The van der Waals surface area contributed by atoms with Crippen LogP contribution in [-0.2, 0) is 20.8 Å². The first-order valence-corrected chi connectivity index (χ1v) is 13.4. The number of rotatable bonds is 4. The Morgan fingerprint density at radius 1 is 1.21 bits per heavy atom. The summed E-state index contributed by atoms with van der Waals surface area (Å²) in [5.41, 5.74) is 1.66. The van der Waals surface area contributed by atoms with E-state index in [0.717, 1.165) is 24.0 Å². The lowest BCUT2D eigenvalue weighted by molar-refractivity contribution is -0.141. The van der Waals surface area contributed by atoms with Gasteiger partial charge in [-0.1, -0.05) is 30.4 Å². The third-order valence-corrected chi connectivity index (χ3v) is 7.28. The van der Waals surface area contributed by atoms with E-state index >= 15 is 0 Å². The maximum absolute atomic E-state index is 14.0. The molecule has 9 heteroatoms. The van der Waals surface area contributed by atoms with E-state index in [-0.39, 0.29) is 36.1 Å². The number of nitrogens with one attached hydrogen (secondary N) is 3. The highest BCUT2D eigenvalue weighted by molar-refractivity contribution is 5.93. The van der Waals surface area contributed by atoms with Crippen LogP contribution in [-0.4, -0.2) is 67.0 Å². The Kier molecular flexibility index (Phi) is 10.5. The first-order chi connectivity index (χ1) is 18.1. The zero-order valence-corrected chi connectivity index (χ0v) is 22.9.